The summed E-state index contributed by atoms with van der Waals surface area (Å²) in [6.07, 6.45) is 3.33. The lowest BCUT2D eigenvalue weighted by molar-refractivity contribution is -0.142. The third-order valence-electron chi connectivity index (χ3n) is 5.28. The van der Waals surface area contributed by atoms with Crippen LogP contribution in [0.25, 0.3) is 0 Å². The molecular formula is C21H30N4O6S. The Bertz CT molecular complexity index is 819. The fourth-order valence-corrected chi connectivity index (χ4v) is 4.04. The molecule has 0 saturated carbocycles. The minimum atomic E-state index is -1.21. The molecule has 1 aromatic carbocycles. The SMILES string of the molecule is CSCCC(NC(=O)C1CCCN1C(=O)CN)C(=O)NC(Cc1ccc(O)cc1)C(=O)O. The van der Waals surface area contributed by atoms with Crippen LogP contribution in [0.2, 0.25) is 0 Å². The summed E-state index contributed by atoms with van der Waals surface area (Å²) in [4.78, 5) is 50.8. The highest BCUT2D eigenvalue weighted by Crippen LogP contribution is 2.18. The molecule has 1 heterocycles. The Hall–Kier alpha value is -2.79. The van der Waals surface area contributed by atoms with Crippen molar-refractivity contribution < 1.29 is 29.4 Å². The standard InChI is InChI=1S/C21H30N4O6S/c1-32-10-8-15(23-20(29)17-3-2-9-25(17)18(27)12-22)19(28)24-16(21(30)31)11-13-4-6-14(26)7-5-13/h4-7,15-17,26H,2-3,8-12,22H2,1H3,(H,23,29)(H,24,28)(H,30,31). The number of carboxylic acids is 1. The summed E-state index contributed by atoms with van der Waals surface area (Å²) < 4.78 is 0. The average molecular weight is 467 g/mol. The second-order valence-corrected chi connectivity index (χ2v) is 8.55. The highest BCUT2D eigenvalue weighted by molar-refractivity contribution is 7.98. The molecule has 0 spiro atoms. The highest BCUT2D eigenvalue weighted by Gasteiger charge is 2.35. The van der Waals surface area contributed by atoms with Gasteiger partial charge in [0.1, 0.15) is 23.9 Å². The Kier molecular flexibility index (Phi) is 9.79. The molecule has 0 aliphatic carbocycles. The van der Waals surface area contributed by atoms with Gasteiger partial charge in [-0.2, -0.15) is 11.8 Å². The van der Waals surface area contributed by atoms with Crippen LogP contribution in [0.3, 0.4) is 0 Å². The molecule has 3 unspecified atom stereocenters. The maximum Gasteiger partial charge on any atom is 0.326 e. The number of carbonyl (C=O) groups is 4. The maximum atomic E-state index is 12.9. The molecule has 1 fully saturated rings. The minimum Gasteiger partial charge on any atom is -0.508 e. The van der Waals surface area contributed by atoms with Gasteiger partial charge in [0.15, 0.2) is 0 Å². The predicted octanol–water partition coefficient (Wildman–Crippen LogP) is -0.308. The van der Waals surface area contributed by atoms with Crippen LogP contribution in [0.4, 0.5) is 0 Å². The van der Waals surface area contributed by atoms with Gasteiger partial charge in [-0.1, -0.05) is 12.1 Å². The van der Waals surface area contributed by atoms with E-state index >= 15 is 0 Å². The molecule has 1 aliphatic heterocycles. The lowest BCUT2D eigenvalue weighted by Crippen LogP contribution is -2.56. The van der Waals surface area contributed by atoms with Crippen molar-refractivity contribution in [3.63, 3.8) is 0 Å². The number of likely N-dealkylation sites (tertiary alicyclic amines) is 1. The van der Waals surface area contributed by atoms with E-state index in [1.54, 1.807) is 12.1 Å². The number of hydrogen-bond donors (Lipinski definition) is 5. The normalized spacial score (nSPS) is 17.4. The van der Waals surface area contributed by atoms with E-state index in [9.17, 15) is 29.4 Å². The molecule has 1 aliphatic rings. The van der Waals surface area contributed by atoms with Crippen molar-refractivity contribution in [3.8, 4) is 5.75 Å². The zero-order valence-corrected chi connectivity index (χ0v) is 18.8. The smallest absolute Gasteiger partial charge is 0.326 e. The van der Waals surface area contributed by atoms with E-state index in [0.717, 1.165) is 0 Å². The lowest BCUT2D eigenvalue weighted by Gasteiger charge is -2.26. The molecule has 32 heavy (non-hydrogen) atoms. The van der Waals surface area contributed by atoms with Gasteiger partial charge in [0.2, 0.25) is 17.7 Å². The Morgan fingerprint density at radius 2 is 1.88 bits per heavy atom. The number of aromatic hydroxyl groups is 1. The first kappa shape index (κ1) is 25.5. The molecule has 10 nitrogen and oxygen atoms in total. The number of nitrogens with zero attached hydrogens (tertiary/aromatic N) is 1. The van der Waals surface area contributed by atoms with Crippen molar-refractivity contribution in [2.45, 2.75) is 43.8 Å². The van der Waals surface area contributed by atoms with Crippen LogP contribution in [-0.2, 0) is 25.6 Å². The van der Waals surface area contributed by atoms with Crippen LogP contribution in [0.5, 0.6) is 5.75 Å². The first-order chi connectivity index (χ1) is 15.3. The van der Waals surface area contributed by atoms with Crippen molar-refractivity contribution in [1.82, 2.24) is 15.5 Å². The molecule has 6 N–H and O–H groups in total. The third-order valence-corrected chi connectivity index (χ3v) is 5.93. The summed E-state index contributed by atoms with van der Waals surface area (Å²) in [6, 6.07) is 3.19. The molecule has 3 amide bonds. The van der Waals surface area contributed by atoms with Gasteiger partial charge in [-0.25, -0.2) is 4.79 Å². The first-order valence-electron chi connectivity index (χ1n) is 10.4. The number of amides is 3. The average Bonchev–Trinajstić information content (AvgIpc) is 3.26. The fourth-order valence-electron chi connectivity index (χ4n) is 3.57. The summed E-state index contributed by atoms with van der Waals surface area (Å²) in [5.74, 6) is -1.96. The molecule has 3 atom stereocenters. The number of nitrogens with two attached hydrogens (primary N) is 1. The number of aliphatic carboxylic acids is 1. The van der Waals surface area contributed by atoms with Gasteiger partial charge in [0.25, 0.3) is 0 Å². The van der Waals surface area contributed by atoms with E-state index in [0.29, 0.717) is 37.1 Å². The molecule has 176 valence electrons. The molecule has 0 bridgehead atoms. The molecule has 0 radical (unpaired) electrons. The number of benzene rings is 1. The molecule has 2 rings (SSSR count). The van der Waals surface area contributed by atoms with Crippen molar-refractivity contribution in [1.29, 1.82) is 0 Å². The maximum absolute atomic E-state index is 12.9. The van der Waals surface area contributed by atoms with Gasteiger partial charge >= 0.3 is 5.97 Å². The minimum absolute atomic E-state index is 0.0198. The number of phenolic OH excluding ortho intramolecular Hbond substituents is 1. The predicted molar refractivity (Wildman–Crippen MR) is 120 cm³/mol. The summed E-state index contributed by atoms with van der Waals surface area (Å²) in [7, 11) is 0. The van der Waals surface area contributed by atoms with Crippen LogP contribution in [-0.4, -0.2) is 82.0 Å². The number of rotatable bonds is 11. The van der Waals surface area contributed by atoms with E-state index in [2.05, 4.69) is 10.6 Å². The highest BCUT2D eigenvalue weighted by atomic mass is 32.2. The summed E-state index contributed by atoms with van der Waals surface area (Å²) in [5, 5.41) is 24.1. The van der Waals surface area contributed by atoms with Gasteiger partial charge in [-0.3, -0.25) is 14.4 Å². The number of carbonyl (C=O) groups excluding carboxylic acids is 3. The summed E-state index contributed by atoms with van der Waals surface area (Å²) in [5.41, 5.74) is 6.05. The van der Waals surface area contributed by atoms with E-state index in [1.165, 1.54) is 28.8 Å². The van der Waals surface area contributed by atoms with Crippen molar-refractivity contribution in [3.05, 3.63) is 29.8 Å². The quantitative estimate of drug-likeness (QED) is 0.297. The molecular weight excluding hydrogens is 436 g/mol. The molecule has 1 saturated heterocycles. The lowest BCUT2D eigenvalue weighted by atomic mass is 10.0. The first-order valence-corrected chi connectivity index (χ1v) is 11.8. The topological polar surface area (TPSA) is 162 Å². The van der Waals surface area contributed by atoms with Gasteiger partial charge in [0, 0.05) is 13.0 Å². The van der Waals surface area contributed by atoms with Gasteiger partial charge in [0.05, 0.1) is 6.54 Å². The Morgan fingerprint density at radius 1 is 1.19 bits per heavy atom. The van der Waals surface area contributed by atoms with Crippen LogP contribution in [0, 0.1) is 0 Å². The fraction of sp³-hybridized carbons (Fsp3) is 0.524. The summed E-state index contributed by atoms with van der Waals surface area (Å²) in [6.45, 7) is 0.237. The van der Waals surface area contributed by atoms with Crippen LogP contribution < -0.4 is 16.4 Å². The van der Waals surface area contributed by atoms with Crippen molar-refractivity contribution >= 4 is 35.5 Å². The van der Waals surface area contributed by atoms with E-state index in [1.807, 2.05) is 6.26 Å². The van der Waals surface area contributed by atoms with Gasteiger partial charge < -0.3 is 31.5 Å². The second kappa shape index (κ2) is 12.3. The van der Waals surface area contributed by atoms with E-state index < -0.39 is 35.9 Å². The van der Waals surface area contributed by atoms with Crippen molar-refractivity contribution in [2.24, 2.45) is 5.73 Å². The number of carboxylic acid groups (broad SMARTS) is 1. The number of nitrogens with one attached hydrogen (secondary N) is 2. The van der Waals surface area contributed by atoms with Crippen molar-refractivity contribution in [2.75, 3.05) is 25.1 Å². The molecule has 11 heteroatoms. The second-order valence-electron chi connectivity index (χ2n) is 7.56. The molecule has 1 aromatic rings. The summed E-state index contributed by atoms with van der Waals surface area (Å²) >= 11 is 1.49. The zero-order chi connectivity index (χ0) is 23.7. The molecule has 0 aromatic heterocycles. The number of phenols is 1. The zero-order valence-electron chi connectivity index (χ0n) is 18.0. The van der Waals surface area contributed by atoms with E-state index in [4.69, 9.17) is 5.73 Å². The van der Waals surface area contributed by atoms with Gasteiger partial charge in [-0.15, -0.1) is 0 Å². The Labute approximate surface area is 190 Å². The number of thioether (sulfide) groups is 1. The van der Waals surface area contributed by atoms with Crippen LogP contribution >= 0.6 is 11.8 Å². The number of hydrogen-bond acceptors (Lipinski definition) is 7. The monoisotopic (exact) mass is 466 g/mol. The van der Waals surface area contributed by atoms with E-state index in [-0.39, 0.29) is 24.6 Å². The largest absolute Gasteiger partial charge is 0.508 e. The van der Waals surface area contributed by atoms with Crippen LogP contribution in [0.15, 0.2) is 24.3 Å². The Balaban J connectivity index is 2.08. The Morgan fingerprint density at radius 3 is 2.47 bits per heavy atom. The van der Waals surface area contributed by atoms with Crippen LogP contribution in [0.1, 0.15) is 24.8 Å². The third kappa shape index (κ3) is 7.13. The van der Waals surface area contributed by atoms with Gasteiger partial charge in [-0.05, 0) is 49.0 Å².